The molecule has 0 aliphatic carbocycles. The van der Waals surface area contributed by atoms with Crippen LogP contribution in [0.15, 0.2) is 85.3 Å². The van der Waals surface area contributed by atoms with Gasteiger partial charge < -0.3 is 19.5 Å². The number of aryl methyl sites for hydroxylation is 1. The van der Waals surface area contributed by atoms with Crippen molar-refractivity contribution in [2.75, 3.05) is 19.5 Å². The maximum absolute atomic E-state index is 12.6. The van der Waals surface area contributed by atoms with Crippen molar-refractivity contribution < 1.29 is 14.4 Å². The standard InChI is InChI=1S/C27H24N6O3/c1-32-24-9-8-20(36-33(2)26(34)21-6-4-5-13-29-21)17-22(24)30-27(32)31-23-16-19(7-10-25(23)35-3)18-11-14-28-15-12-18/h4-17H,1-3H3,(H,30,31). The summed E-state index contributed by atoms with van der Waals surface area (Å²) in [6.45, 7) is 0. The topological polar surface area (TPSA) is 94.4 Å². The van der Waals surface area contributed by atoms with Gasteiger partial charge in [0.25, 0.3) is 0 Å². The van der Waals surface area contributed by atoms with Gasteiger partial charge in [-0.05, 0) is 59.7 Å². The third-order valence-corrected chi connectivity index (χ3v) is 5.72. The summed E-state index contributed by atoms with van der Waals surface area (Å²) in [7, 11) is 5.11. The minimum absolute atomic E-state index is 0.299. The van der Waals surface area contributed by atoms with E-state index < -0.39 is 0 Å². The Morgan fingerprint density at radius 2 is 1.81 bits per heavy atom. The van der Waals surface area contributed by atoms with E-state index in [1.54, 1.807) is 63.1 Å². The fourth-order valence-electron chi connectivity index (χ4n) is 3.85. The highest BCUT2D eigenvalue weighted by Gasteiger charge is 2.16. The Labute approximate surface area is 207 Å². The second-order valence-corrected chi connectivity index (χ2v) is 8.03. The highest BCUT2D eigenvalue weighted by atomic mass is 16.7. The number of hydrogen-bond acceptors (Lipinski definition) is 7. The number of anilines is 2. The number of benzene rings is 2. The van der Waals surface area contributed by atoms with E-state index in [4.69, 9.17) is 14.6 Å². The van der Waals surface area contributed by atoms with Crippen LogP contribution >= 0.6 is 0 Å². The molecule has 0 saturated heterocycles. The van der Waals surface area contributed by atoms with E-state index in [1.807, 2.05) is 48.0 Å². The van der Waals surface area contributed by atoms with E-state index >= 15 is 0 Å². The third-order valence-electron chi connectivity index (χ3n) is 5.72. The number of nitrogens with zero attached hydrogens (tertiary/aromatic N) is 5. The predicted molar refractivity (Wildman–Crippen MR) is 137 cm³/mol. The number of nitrogens with one attached hydrogen (secondary N) is 1. The highest BCUT2D eigenvalue weighted by molar-refractivity contribution is 5.91. The first-order valence-corrected chi connectivity index (χ1v) is 11.2. The zero-order valence-electron chi connectivity index (χ0n) is 20.0. The number of imidazole rings is 1. The molecule has 5 rings (SSSR count). The number of hydroxylamine groups is 2. The first-order valence-electron chi connectivity index (χ1n) is 11.2. The van der Waals surface area contributed by atoms with Gasteiger partial charge in [0.15, 0.2) is 5.75 Å². The number of methoxy groups -OCH3 is 1. The molecular weight excluding hydrogens is 456 g/mol. The van der Waals surface area contributed by atoms with E-state index in [0.717, 1.165) is 27.4 Å². The minimum Gasteiger partial charge on any atom is -0.495 e. The number of amides is 1. The molecular formula is C27H24N6O3. The summed E-state index contributed by atoms with van der Waals surface area (Å²) in [5.41, 5.74) is 4.76. The van der Waals surface area contributed by atoms with Crippen molar-refractivity contribution in [2.45, 2.75) is 0 Å². The summed E-state index contributed by atoms with van der Waals surface area (Å²) in [4.78, 5) is 31.2. The summed E-state index contributed by atoms with van der Waals surface area (Å²) < 4.78 is 7.51. The average Bonchev–Trinajstić information content (AvgIpc) is 3.23. The number of ether oxygens (including phenoxy) is 1. The lowest BCUT2D eigenvalue weighted by Crippen LogP contribution is -2.30. The van der Waals surface area contributed by atoms with Crippen molar-refractivity contribution in [1.82, 2.24) is 24.6 Å². The molecule has 9 heteroatoms. The smallest absolute Gasteiger partial charge is 0.304 e. The molecule has 9 nitrogen and oxygen atoms in total. The molecule has 0 spiro atoms. The molecule has 0 unspecified atom stereocenters. The maximum Gasteiger partial charge on any atom is 0.304 e. The largest absolute Gasteiger partial charge is 0.495 e. The van der Waals surface area contributed by atoms with Crippen molar-refractivity contribution in [1.29, 1.82) is 0 Å². The van der Waals surface area contributed by atoms with E-state index in [9.17, 15) is 4.79 Å². The number of hydrogen-bond donors (Lipinski definition) is 1. The van der Waals surface area contributed by atoms with Crippen molar-refractivity contribution in [2.24, 2.45) is 7.05 Å². The van der Waals surface area contributed by atoms with Crippen LogP contribution in [-0.4, -0.2) is 44.6 Å². The second kappa shape index (κ2) is 9.75. The molecule has 0 aliphatic heterocycles. The lowest BCUT2D eigenvalue weighted by atomic mass is 10.1. The van der Waals surface area contributed by atoms with Gasteiger partial charge in [-0.1, -0.05) is 12.1 Å². The molecule has 2 aromatic carbocycles. The molecule has 1 N–H and O–H groups in total. The van der Waals surface area contributed by atoms with Gasteiger partial charge in [-0.25, -0.2) is 4.98 Å². The first kappa shape index (κ1) is 22.9. The van der Waals surface area contributed by atoms with Gasteiger partial charge in [0, 0.05) is 38.8 Å². The summed E-state index contributed by atoms with van der Waals surface area (Å²) >= 11 is 0. The van der Waals surface area contributed by atoms with E-state index in [-0.39, 0.29) is 5.91 Å². The van der Waals surface area contributed by atoms with E-state index in [0.29, 0.717) is 28.7 Å². The normalized spacial score (nSPS) is 10.8. The van der Waals surface area contributed by atoms with Crippen LogP contribution < -0.4 is 14.9 Å². The van der Waals surface area contributed by atoms with Gasteiger partial charge in [0.1, 0.15) is 11.4 Å². The van der Waals surface area contributed by atoms with Gasteiger partial charge in [-0.3, -0.25) is 14.8 Å². The molecule has 0 fully saturated rings. The van der Waals surface area contributed by atoms with E-state index in [1.165, 1.54) is 0 Å². The van der Waals surface area contributed by atoms with Crippen molar-refractivity contribution in [3.05, 3.63) is 91.0 Å². The van der Waals surface area contributed by atoms with Crippen LogP contribution in [0.5, 0.6) is 11.5 Å². The van der Waals surface area contributed by atoms with Gasteiger partial charge in [-0.2, -0.15) is 5.06 Å². The Hall–Kier alpha value is -4.92. The molecule has 0 aliphatic rings. The Balaban J connectivity index is 1.41. The predicted octanol–water partition coefficient (Wildman–Crippen LogP) is 4.85. The Morgan fingerprint density at radius 3 is 2.56 bits per heavy atom. The number of rotatable bonds is 7. The number of pyridine rings is 2. The molecule has 3 aromatic heterocycles. The van der Waals surface area contributed by atoms with Crippen LogP contribution in [0.1, 0.15) is 10.5 Å². The van der Waals surface area contributed by atoms with Crippen molar-refractivity contribution in [3.8, 4) is 22.6 Å². The molecule has 1 amide bonds. The molecule has 180 valence electrons. The third kappa shape index (κ3) is 4.54. The molecule has 0 atom stereocenters. The van der Waals surface area contributed by atoms with Gasteiger partial charge in [0.05, 0.1) is 23.8 Å². The number of carbonyl (C=O) groups excluding carboxylic acids is 1. The Bertz CT molecular complexity index is 1520. The molecule has 0 radical (unpaired) electrons. The fraction of sp³-hybridized carbons (Fsp3) is 0.111. The Kier molecular flexibility index (Phi) is 6.19. The Morgan fingerprint density at radius 1 is 0.972 bits per heavy atom. The van der Waals surface area contributed by atoms with E-state index in [2.05, 4.69) is 15.3 Å². The summed E-state index contributed by atoms with van der Waals surface area (Å²) in [5.74, 6) is 1.46. The SMILES string of the molecule is COc1ccc(-c2ccncc2)cc1Nc1nc2cc(ON(C)C(=O)c3ccccn3)ccc2n1C. The zero-order chi connectivity index (χ0) is 25.1. The van der Waals surface area contributed by atoms with Gasteiger partial charge >= 0.3 is 5.91 Å². The number of carbonyl (C=O) groups is 1. The van der Waals surface area contributed by atoms with Crippen LogP contribution in [0, 0.1) is 0 Å². The second-order valence-electron chi connectivity index (χ2n) is 8.03. The van der Waals surface area contributed by atoms with Gasteiger partial charge in [-0.15, -0.1) is 0 Å². The number of aromatic nitrogens is 4. The quantitative estimate of drug-likeness (QED) is 0.333. The zero-order valence-corrected chi connectivity index (χ0v) is 20.0. The molecule has 3 heterocycles. The first-order chi connectivity index (χ1) is 17.5. The maximum atomic E-state index is 12.6. The molecule has 36 heavy (non-hydrogen) atoms. The van der Waals surface area contributed by atoms with Crippen LogP contribution in [-0.2, 0) is 7.05 Å². The van der Waals surface area contributed by atoms with Gasteiger partial charge in [0.2, 0.25) is 5.95 Å². The summed E-state index contributed by atoms with van der Waals surface area (Å²) in [5, 5.41) is 4.54. The highest BCUT2D eigenvalue weighted by Crippen LogP contribution is 2.33. The number of fused-ring (bicyclic) bond motifs is 1. The fourth-order valence-corrected chi connectivity index (χ4v) is 3.85. The molecule has 5 aromatic rings. The average molecular weight is 481 g/mol. The van der Waals surface area contributed by atoms with Crippen molar-refractivity contribution >= 4 is 28.6 Å². The van der Waals surface area contributed by atoms with Crippen LogP contribution in [0.25, 0.3) is 22.2 Å². The lowest BCUT2D eigenvalue weighted by Gasteiger charge is -2.17. The summed E-state index contributed by atoms with van der Waals surface area (Å²) in [6.07, 6.45) is 5.09. The summed E-state index contributed by atoms with van der Waals surface area (Å²) in [6, 6.07) is 20.5. The van der Waals surface area contributed by atoms with Crippen LogP contribution in [0.3, 0.4) is 0 Å². The van der Waals surface area contributed by atoms with Crippen molar-refractivity contribution in [3.63, 3.8) is 0 Å². The molecule has 0 saturated carbocycles. The van der Waals surface area contributed by atoms with Crippen LogP contribution in [0.2, 0.25) is 0 Å². The minimum atomic E-state index is -0.347. The van der Waals surface area contributed by atoms with Crippen LogP contribution in [0.4, 0.5) is 11.6 Å². The lowest BCUT2D eigenvalue weighted by molar-refractivity contribution is -0.0142. The molecule has 0 bridgehead atoms. The monoisotopic (exact) mass is 480 g/mol.